The fraction of sp³-hybridized carbons (Fsp3) is 0.762. The molecule has 0 amide bonds. The summed E-state index contributed by atoms with van der Waals surface area (Å²) in [5, 5.41) is 0. The summed E-state index contributed by atoms with van der Waals surface area (Å²) in [5.74, 6) is 3.07. The molecule has 0 N–H and O–H groups in total. The number of fused-ring (bicyclic) bond motifs is 5. The lowest BCUT2D eigenvalue weighted by Gasteiger charge is -2.57. The summed E-state index contributed by atoms with van der Waals surface area (Å²) in [6, 6.07) is 0. The van der Waals surface area contributed by atoms with Crippen LogP contribution in [-0.4, -0.2) is 5.97 Å². The van der Waals surface area contributed by atoms with Crippen molar-refractivity contribution in [2.24, 2.45) is 28.6 Å². The Balaban J connectivity index is 1.63. The van der Waals surface area contributed by atoms with Crippen LogP contribution in [0.15, 0.2) is 23.5 Å². The average molecular weight is 314 g/mol. The molecule has 0 spiro atoms. The van der Waals surface area contributed by atoms with Crippen LogP contribution >= 0.6 is 0 Å². The van der Waals surface area contributed by atoms with Crippen LogP contribution in [0.5, 0.6) is 0 Å². The third-order valence-corrected chi connectivity index (χ3v) is 7.78. The molecule has 23 heavy (non-hydrogen) atoms. The predicted octanol–water partition coefficient (Wildman–Crippen LogP) is 5.40. The number of hydrogen-bond acceptors (Lipinski definition) is 2. The maximum atomic E-state index is 11.5. The Morgan fingerprint density at radius 3 is 2.70 bits per heavy atom. The van der Waals surface area contributed by atoms with E-state index in [0.717, 1.165) is 24.0 Å². The van der Waals surface area contributed by atoms with E-state index >= 15 is 0 Å². The van der Waals surface area contributed by atoms with Gasteiger partial charge < -0.3 is 4.74 Å². The third-order valence-electron chi connectivity index (χ3n) is 7.78. The molecule has 126 valence electrons. The molecule has 2 fully saturated rings. The lowest BCUT2D eigenvalue weighted by atomic mass is 9.48. The molecule has 0 aliphatic heterocycles. The zero-order valence-corrected chi connectivity index (χ0v) is 14.9. The zero-order chi connectivity index (χ0) is 16.2. The first-order valence-electron chi connectivity index (χ1n) is 9.54. The molecule has 0 bridgehead atoms. The van der Waals surface area contributed by atoms with Crippen LogP contribution in [-0.2, 0) is 9.53 Å². The number of esters is 1. The van der Waals surface area contributed by atoms with Gasteiger partial charge in [-0.05, 0) is 74.2 Å². The third kappa shape index (κ3) is 2.16. The van der Waals surface area contributed by atoms with Gasteiger partial charge in [-0.25, -0.2) is 0 Å². The van der Waals surface area contributed by atoms with Gasteiger partial charge in [0.1, 0.15) is 5.76 Å². The Kier molecular flexibility index (Phi) is 3.52. The maximum Gasteiger partial charge on any atom is 0.307 e. The smallest absolute Gasteiger partial charge is 0.307 e. The first-order valence-corrected chi connectivity index (χ1v) is 9.54. The van der Waals surface area contributed by atoms with E-state index in [4.69, 9.17) is 4.74 Å². The summed E-state index contributed by atoms with van der Waals surface area (Å²) in [4.78, 5) is 11.5. The van der Waals surface area contributed by atoms with E-state index in [1.807, 2.05) is 0 Å². The van der Waals surface area contributed by atoms with Crippen LogP contribution in [0.1, 0.15) is 72.1 Å². The van der Waals surface area contributed by atoms with Gasteiger partial charge in [-0.15, -0.1) is 0 Å². The van der Waals surface area contributed by atoms with Gasteiger partial charge in [0.05, 0.1) is 0 Å². The molecule has 2 saturated carbocycles. The molecule has 4 rings (SSSR count). The van der Waals surface area contributed by atoms with Crippen LogP contribution in [0.3, 0.4) is 0 Å². The minimum absolute atomic E-state index is 0.0865. The van der Waals surface area contributed by atoms with Crippen molar-refractivity contribution in [3.05, 3.63) is 23.5 Å². The molecule has 4 aliphatic carbocycles. The Morgan fingerprint density at radius 1 is 1.09 bits per heavy atom. The first-order chi connectivity index (χ1) is 10.9. The van der Waals surface area contributed by atoms with Gasteiger partial charge in [-0.2, -0.15) is 0 Å². The van der Waals surface area contributed by atoms with Crippen molar-refractivity contribution in [3.8, 4) is 0 Å². The van der Waals surface area contributed by atoms with Gasteiger partial charge in [0.2, 0.25) is 0 Å². The largest absolute Gasteiger partial charge is 0.431 e. The van der Waals surface area contributed by atoms with Crippen molar-refractivity contribution in [2.45, 2.75) is 72.1 Å². The highest BCUT2D eigenvalue weighted by Crippen LogP contribution is 2.64. The number of allylic oxidation sites excluding steroid dienone is 4. The molecule has 2 heteroatoms. The van der Waals surface area contributed by atoms with Gasteiger partial charge >= 0.3 is 5.97 Å². The molecule has 5 atom stereocenters. The Morgan fingerprint density at radius 2 is 1.91 bits per heavy atom. The van der Waals surface area contributed by atoms with E-state index in [9.17, 15) is 4.79 Å². The SMILES string of the molecule is CC(=O)OC1=CC[C@H]2[C@@H]3CC=C4CCCC[C@]4(C)[C@H]3CC[C@]12C. The van der Waals surface area contributed by atoms with Crippen LogP contribution < -0.4 is 0 Å². The predicted molar refractivity (Wildman–Crippen MR) is 91.6 cm³/mol. The van der Waals surface area contributed by atoms with E-state index in [0.29, 0.717) is 11.3 Å². The van der Waals surface area contributed by atoms with Gasteiger partial charge in [-0.3, -0.25) is 4.79 Å². The summed E-state index contributed by atoms with van der Waals surface area (Å²) >= 11 is 0. The summed E-state index contributed by atoms with van der Waals surface area (Å²) in [6.07, 6.45) is 15.1. The van der Waals surface area contributed by atoms with Gasteiger partial charge in [0.15, 0.2) is 0 Å². The summed E-state index contributed by atoms with van der Waals surface area (Å²) in [7, 11) is 0. The molecular weight excluding hydrogens is 284 g/mol. The number of carbonyl (C=O) groups is 1. The van der Waals surface area contributed by atoms with Crippen LogP contribution in [0.25, 0.3) is 0 Å². The summed E-state index contributed by atoms with van der Waals surface area (Å²) in [6.45, 7) is 6.42. The maximum absolute atomic E-state index is 11.5. The lowest BCUT2D eigenvalue weighted by Crippen LogP contribution is -2.49. The second-order valence-electron chi connectivity index (χ2n) is 8.82. The molecule has 4 aliphatic rings. The van der Waals surface area contributed by atoms with E-state index in [-0.39, 0.29) is 11.4 Å². The Hall–Kier alpha value is -1.05. The van der Waals surface area contributed by atoms with Crippen LogP contribution in [0.4, 0.5) is 0 Å². The van der Waals surface area contributed by atoms with Crippen molar-refractivity contribution in [3.63, 3.8) is 0 Å². The van der Waals surface area contributed by atoms with Crippen LogP contribution in [0.2, 0.25) is 0 Å². The Labute approximate surface area is 140 Å². The quantitative estimate of drug-likeness (QED) is 0.479. The van der Waals surface area contributed by atoms with Crippen LogP contribution in [0, 0.1) is 28.6 Å². The van der Waals surface area contributed by atoms with Gasteiger partial charge in [0.25, 0.3) is 0 Å². The number of rotatable bonds is 1. The van der Waals surface area contributed by atoms with Crippen molar-refractivity contribution in [1.29, 1.82) is 0 Å². The number of ether oxygens (including phenoxy) is 1. The fourth-order valence-corrected chi connectivity index (χ4v) is 6.54. The van der Waals surface area contributed by atoms with Crippen molar-refractivity contribution in [1.82, 2.24) is 0 Å². The Bertz CT molecular complexity index is 587. The molecule has 0 aromatic heterocycles. The second-order valence-corrected chi connectivity index (χ2v) is 8.82. The van der Waals surface area contributed by atoms with Crippen molar-refractivity contribution >= 4 is 5.97 Å². The summed E-state index contributed by atoms with van der Waals surface area (Å²) < 4.78 is 5.60. The molecule has 0 unspecified atom stereocenters. The minimum Gasteiger partial charge on any atom is -0.431 e. The molecule has 0 saturated heterocycles. The fourth-order valence-electron chi connectivity index (χ4n) is 6.54. The standard InChI is InChI=1S/C21H30O2/c1-14(22)23-19-10-9-17-16-8-7-15-6-4-5-12-20(15,2)18(16)11-13-21(17,19)3/h7,10,16-18H,4-6,8-9,11-13H2,1-3H3/t16-,17-,18-,20-,21-/m0/s1. The lowest BCUT2D eigenvalue weighted by molar-refractivity contribution is -0.140. The van der Waals surface area contributed by atoms with Crippen molar-refractivity contribution < 1.29 is 9.53 Å². The second kappa shape index (κ2) is 5.22. The highest BCUT2D eigenvalue weighted by atomic mass is 16.5. The molecular formula is C21H30O2. The molecule has 2 nitrogen and oxygen atoms in total. The van der Waals surface area contributed by atoms with E-state index in [1.54, 1.807) is 5.57 Å². The minimum atomic E-state index is -0.162. The summed E-state index contributed by atoms with van der Waals surface area (Å²) in [5.41, 5.74) is 2.30. The number of hydrogen-bond donors (Lipinski definition) is 0. The molecule has 0 heterocycles. The highest BCUT2D eigenvalue weighted by Gasteiger charge is 2.57. The van der Waals surface area contributed by atoms with E-state index < -0.39 is 0 Å². The van der Waals surface area contributed by atoms with Crippen molar-refractivity contribution in [2.75, 3.05) is 0 Å². The number of carbonyl (C=O) groups excluding carboxylic acids is 1. The molecule has 0 aromatic carbocycles. The monoisotopic (exact) mass is 314 g/mol. The van der Waals surface area contributed by atoms with E-state index in [1.165, 1.54) is 51.9 Å². The topological polar surface area (TPSA) is 26.3 Å². The van der Waals surface area contributed by atoms with Gasteiger partial charge in [-0.1, -0.05) is 31.9 Å². The highest BCUT2D eigenvalue weighted by molar-refractivity contribution is 5.67. The first kappa shape index (κ1) is 15.5. The average Bonchev–Trinajstić information content (AvgIpc) is 2.83. The molecule has 0 radical (unpaired) electrons. The van der Waals surface area contributed by atoms with Gasteiger partial charge in [0, 0.05) is 12.3 Å². The molecule has 0 aromatic rings. The normalized spacial score (nSPS) is 45.3. The zero-order valence-electron chi connectivity index (χ0n) is 14.9. The van der Waals surface area contributed by atoms with E-state index in [2.05, 4.69) is 26.0 Å².